The zero-order valence-electron chi connectivity index (χ0n) is 11.6. The lowest BCUT2D eigenvalue weighted by Gasteiger charge is -2.02. The molecule has 3 aromatic rings. The first-order chi connectivity index (χ1) is 10.5. The summed E-state index contributed by atoms with van der Waals surface area (Å²) >= 11 is 2.49. The third kappa shape index (κ3) is 2.88. The average Bonchev–Trinajstić information content (AvgIpc) is 2.91. The number of ketones is 1. The Kier molecular flexibility index (Phi) is 3.96. The number of benzene rings is 2. The Bertz CT molecular complexity index is 886. The molecule has 0 N–H and O–H groups in total. The molecule has 0 amide bonds. The molecule has 4 nitrogen and oxygen atoms in total. The smallest absolute Gasteiger partial charge is 0.294 e. The van der Waals surface area contributed by atoms with Crippen molar-refractivity contribution >= 4 is 45.3 Å². The molecule has 110 valence electrons. The molecular weight excluding hydrogens is 318 g/mol. The van der Waals surface area contributed by atoms with E-state index < -0.39 is 4.92 Å². The van der Waals surface area contributed by atoms with Crippen LogP contribution in [0.5, 0.6) is 0 Å². The second kappa shape index (κ2) is 5.90. The van der Waals surface area contributed by atoms with E-state index in [1.165, 1.54) is 36.1 Å². The summed E-state index contributed by atoms with van der Waals surface area (Å²) in [5.41, 5.74) is -0.00615. The highest BCUT2D eigenvalue weighted by atomic mass is 32.2. The molecule has 1 aromatic heterocycles. The maximum absolute atomic E-state index is 11.4. The number of rotatable bonds is 4. The molecule has 0 atom stereocenters. The van der Waals surface area contributed by atoms with Crippen molar-refractivity contribution in [1.82, 2.24) is 0 Å². The zero-order chi connectivity index (χ0) is 15.7. The molecule has 0 unspecified atom stereocenters. The van der Waals surface area contributed by atoms with Crippen molar-refractivity contribution < 1.29 is 9.72 Å². The fourth-order valence-electron chi connectivity index (χ4n) is 2.08. The molecule has 0 aliphatic heterocycles. The standard InChI is InChI=1S/C16H11NO3S2/c1-10(18)15-9-14(17(19)20)16(22-15)21-13-7-6-11-4-2-3-5-12(11)8-13/h2-9H,1H3. The lowest BCUT2D eigenvalue weighted by atomic mass is 10.1. The molecule has 0 bridgehead atoms. The van der Waals surface area contributed by atoms with Crippen molar-refractivity contribution in [2.45, 2.75) is 16.0 Å². The number of thiophene rings is 1. The van der Waals surface area contributed by atoms with Crippen molar-refractivity contribution in [2.24, 2.45) is 0 Å². The van der Waals surface area contributed by atoms with Crippen LogP contribution in [0, 0.1) is 10.1 Å². The first-order valence-electron chi connectivity index (χ1n) is 6.50. The Morgan fingerprint density at radius 1 is 1.14 bits per heavy atom. The topological polar surface area (TPSA) is 60.2 Å². The number of fused-ring (bicyclic) bond motifs is 1. The van der Waals surface area contributed by atoms with Crippen LogP contribution in [0.4, 0.5) is 5.69 Å². The summed E-state index contributed by atoms with van der Waals surface area (Å²) in [6, 6.07) is 15.2. The van der Waals surface area contributed by atoms with Gasteiger partial charge in [0.05, 0.1) is 9.80 Å². The fraction of sp³-hybridized carbons (Fsp3) is 0.0625. The van der Waals surface area contributed by atoms with Crippen LogP contribution < -0.4 is 0 Å². The van der Waals surface area contributed by atoms with Gasteiger partial charge >= 0.3 is 0 Å². The molecule has 0 saturated heterocycles. The van der Waals surface area contributed by atoms with E-state index in [9.17, 15) is 14.9 Å². The third-order valence-corrected chi connectivity index (χ3v) is 5.56. The van der Waals surface area contributed by atoms with Crippen LogP contribution in [0.15, 0.2) is 57.6 Å². The van der Waals surface area contributed by atoms with Crippen LogP contribution in [0.1, 0.15) is 16.6 Å². The quantitative estimate of drug-likeness (QED) is 0.377. The van der Waals surface area contributed by atoms with Gasteiger partial charge in [0.2, 0.25) is 0 Å². The minimum absolute atomic E-state index is 0.00615. The van der Waals surface area contributed by atoms with Gasteiger partial charge in [-0.2, -0.15) is 0 Å². The van der Waals surface area contributed by atoms with E-state index in [1.54, 1.807) is 0 Å². The largest absolute Gasteiger partial charge is 0.294 e. The van der Waals surface area contributed by atoms with Gasteiger partial charge in [-0.05, 0) is 29.8 Å². The van der Waals surface area contributed by atoms with E-state index in [0.29, 0.717) is 9.09 Å². The summed E-state index contributed by atoms with van der Waals surface area (Å²) in [6.45, 7) is 1.42. The second-order valence-electron chi connectivity index (χ2n) is 4.71. The highest BCUT2D eigenvalue weighted by molar-refractivity contribution is 8.01. The average molecular weight is 329 g/mol. The van der Waals surface area contributed by atoms with Gasteiger partial charge in [-0.15, -0.1) is 11.3 Å². The predicted octanol–water partition coefficient (Wildman–Crippen LogP) is 5.16. The molecule has 6 heteroatoms. The van der Waals surface area contributed by atoms with Gasteiger partial charge in [0.15, 0.2) is 5.78 Å². The highest BCUT2D eigenvalue weighted by Gasteiger charge is 2.21. The van der Waals surface area contributed by atoms with E-state index in [4.69, 9.17) is 0 Å². The first-order valence-corrected chi connectivity index (χ1v) is 8.14. The number of hydrogen-bond donors (Lipinski definition) is 0. The molecule has 0 aliphatic rings. The van der Waals surface area contributed by atoms with Crippen LogP contribution in [0.2, 0.25) is 0 Å². The van der Waals surface area contributed by atoms with E-state index in [2.05, 4.69) is 0 Å². The van der Waals surface area contributed by atoms with Gasteiger partial charge in [0.1, 0.15) is 4.21 Å². The van der Waals surface area contributed by atoms with E-state index in [-0.39, 0.29) is 11.5 Å². The van der Waals surface area contributed by atoms with Gasteiger partial charge in [0.25, 0.3) is 5.69 Å². The summed E-state index contributed by atoms with van der Waals surface area (Å²) in [4.78, 5) is 23.5. The Morgan fingerprint density at radius 2 is 1.86 bits per heavy atom. The Morgan fingerprint density at radius 3 is 2.55 bits per heavy atom. The maximum Gasteiger partial charge on any atom is 0.294 e. The lowest BCUT2D eigenvalue weighted by Crippen LogP contribution is -1.87. The van der Waals surface area contributed by atoms with Gasteiger partial charge in [0, 0.05) is 11.0 Å². The predicted molar refractivity (Wildman–Crippen MR) is 89.0 cm³/mol. The highest BCUT2D eigenvalue weighted by Crippen LogP contribution is 2.42. The minimum Gasteiger partial charge on any atom is -0.294 e. The van der Waals surface area contributed by atoms with Crippen LogP contribution in [-0.2, 0) is 0 Å². The molecular formula is C16H11NO3S2. The van der Waals surface area contributed by atoms with Gasteiger partial charge in [-0.3, -0.25) is 14.9 Å². The molecule has 2 aromatic carbocycles. The van der Waals surface area contributed by atoms with Crippen molar-refractivity contribution in [2.75, 3.05) is 0 Å². The van der Waals surface area contributed by atoms with Crippen LogP contribution in [0.25, 0.3) is 10.8 Å². The normalized spacial score (nSPS) is 10.8. The van der Waals surface area contributed by atoms with E-state index in [1.807, 2.05) is 42.5 Å². The van der Waals surface area contributed by atoms with Crippen molar-refractivity contribution in [3.63, 3.8) is 0 Å². The molecule has 1 heterocycles. The van der Waals surface area contributed by atoms with E-state index >= 15 is 0 Å². The molecule has 0 fully saturated rings. The monoisotopic (exact) mass is 329 g/mol. The van der Waals surface area contributed by atoms with Gasteiger partial charge < -0.3 is 0 Å². The van der Waals surface area contributed by atoms with Gasteiger partial charge in [-0.1, -0.05) is 42.1 Å². The van der Waals surface area contributed by atoms with Crippen LogP contribution >= 0.6 is 23.1 Å². The molecule has 0 radical (unpaired) electrons. The number of carbonyl (C=O) groups excluding carboxylic acids is 1. The molecule has 0 saturated carbocycles. The summed E-state index contributed by atoms with van der Waals surface area (Å²) in [7, 11) is 0. The third-order valence-electron chi connectivity index (χ3n) is 3.15. The first kappa shape index (κ1) is 14.7. The number of nitrogens with zero attached hydrogens (tertiary/aromatic N) is 1. The number of nitro groups is 1. The lowest BCUT2D eigenvalue weighted by molar-refractivity contribution is -0.387. The Balaban J connectivity index is 2.00. The molecule has 0 aliphatic carbocycles. The Labute approximate surface area is 134 Å². The van der Waals surface area contributed by atoms with Crippen LogP contribution in [0.3, 0.4) is 0 Å². The van der Waals surface area contributed by atoms with Gasteiger partial charge in [-0.25, -0.2) is 0 Å². The van der Waals surface area contributed by atoms with Crippen LogP contribution in [-0.4, -0.2) is 10.7 Å². The number of hydrogen-bond acceptors (Lipinski definition) is 5. The number of Topliss-reactive ketones (excluding diaryl/α,β-unsaturated/α-hetero) is 1. The molecule has 3 rings (SSSR count). The Hall–Kier alpha value is -2.18. The SMILES string of the molecule is CC(=O)c1cc([N+](=O)[O-])c(Sc2ccc3ccccc3c2)s1. The second-order valence-corrected chi connectivity index (χ2v) is 7.10. The summed E-state index contributed by atoms with van der Waals surface area (Å²) in [5, 5.41) is 13.4. The number of carbonyl (C=O) groups is 1. The summed E-state index contributed by atoms with van der Waals surface area (Å²) < 4.78 is 0.533. The maximum atomic E-state index is 11.4. The minimum atomic E-state index is -0.438. The van der Waals surface area contributed by atoms with Crippen molar-refractivity contribution in [3.8, 4) is 0 Å². The summed E-state index contributed by atoms with van der Waals surface area (Å²) in [6.07, 6.45) is 0. The van der Waals surface area contributed by atoms with E-state index in [0.717, 1.165) is 15.7 Å². The zero-order valence-corrected chi connectivity index (χ0v) is 13.2. The fourth-order valence-corrected chi connectivity index (χ4v) is 4.33. The summed E-state index contributed by atoms with van der Waals surface area (Å²) in [5.74, 6) is -0.154. The molecule has 22 heavy (non-hydrogen) atoms. The van der Waals surface area contributed by atoms with Crippen molar-refractivity contribution in [1.29, 1.82) is 0 Å². The molecule has 0 spiro atoms. The van der Waals surface area contributed by atoms with Crippen molar-refractivity contribution in [3.05, 3.63) is 63.5 Å².